The molecular formula is C23H27FN6O5P+. The Balaban J connectivity index is 1.35. The van der Waals surface area contributed by atoms with E-state index in [0.717, 1.165) is 11.6 Å². The Morgan fingerprint density at radius 3 is 2.81 bits per heavy atom. The lowest BCUT2D eigenvalue weighted by Crippen LogP contribution is -2.37. The van der Waals surface area contributed by atoms with Crippen LogP contribution in [-0.4, -0.2) is 50.8 Å². The number of benzene rings is 1. The van der Waals surface area contributed by atoms with Gasteiger partial charge in [0.2, 0.25) is 0 Å². The first-order valence-corrected chi connectivity index (χ1v) is 12.7. The van der Waals surface area contributed by atoms with Crippen molar-refractivity contribution in [2.75, 3.05) is 18.7 Å². The van der Waals surface area contributed by atoms with Crippen molar-refractivity contribution in [1.82, 2.24) is 24.6 Å². The highest BCUT2D eigenvalue weighted by Gasteiger charge is 2.35. The molecule has 190 valence electrons. The summed E-state index contributed by atoms with van der Waals surface area (Å²) in [6.45, 7) is 4.11. The fourth-order valence-electron chi connectivity index (χ4n) is 3.50. The van der Waals surface area contributed by atoms with Crippen LogP contribution in [0.4, 0.5) is 10.2 Å². The van der Waals surface area contributed by atoms with Crippen LogP contribution >= 0.6 is 7.95 Å². The number of nitrogens with one attached hydrogen (secondary N) is 1. The quantitative estimate of drug-likeness (QED) is 0.287. The van der Waals surface area contributed by atoms with Gasteiger partial charge < -0.3 is 19.9 Å². The van der Waals surface area contributed by atoms with Gasteiger partial charge >= 0.3 is 13.9 Å². The number of anilines is 1. The molecule has 0 spiro atoms. The summed E-state index contributed by atoms with van der Waals surface area (Å²) < 4.78 is 45.2. The van der Waals surface area contributed by atoms with Gasteiger partial charge in [-0.15, -0.1) is 0 Å². The molecule has 11 nitrogen and oxygen atoms in total. The highest BCUT2D eigenvalue weighted by Crippen LogP contribution is 2.33. The molecule has 1 aromatic carbocycles. The number of rotatable bonds is 11. The lowest BCUT2D eigenvalue weighted by atomic mass is 10.1. The van der Waals surface area contributed by atoms with Gasteiger partial charge in [-0.05, 0) is 16.0 Å². The van der Waals surface area contributed by atoms with E-state index in [0.29, 0.717) is 11.2 Å². The highest BCUT2D eigenvalue weighted by molar-refractivity contribution is 7.42. The average Bonchev–Trinajstić information content (AvgIpc) is 3.45. The standard InChI is InChI=1S/C23H27FN6O5P/c1-14(2)10-33-23(31)17(8-15-6-4-3-5-7-15)29-36(32)13-34-18-9-16(24)22(35-18)30-12-28-19-20(25)26-11-27-21(19)30/h3-7,9,11-12,14,17-18,22H,8,10,13H2,1-2H3,(H,29,32)(H2,25,26,27)/q+1/t17-,18-,22+/m0/s1. The van der Waals surface area contributed by atoms with Gasteiger partial charge in [0.05, 0.1) is 12.9 Å². The maximum atomic E-state index is 14.6. The Morgan fingerprint density at radius 1 is 1.28 bits per heavy atom. The van der Waals surface area contributed by atoms with Gasteiger partial charge in [-0.3, -0.25) is 9.36 Å². The van der Waals surface area contributed by atoms with Gasteiger partial charge in [-0.25, -0.2) is 19.3 Å². The van der Waals surface area contributed by atoms with Gasteiger partial charge in [0.15, 0.2) is 35.9 Å². The van der Waals surface area contributed by atoms with Crippen LogP contribution in [0.25, 0.3) is 11.2 Å². The van der Waals surface area contributed by atoms with Crippen LogP contribution in [0.2, 0.25) is 0 Å². The van der Waals surface area contributed by atoms with Crippen LogP contribution in [-0.2, 0) is 30.0 Å². The molecule has 0 fully saturated rings. The number of esters is 1. The number of hydrogen-bond acceptors (Lipinski definition) is 9. The van der Waals surface area contributed by atoms with Crippen LogP contribution < -0.4 is 10.8 Å². The molecule has 1 aliphatic rings. The molecule has 4 rings (SSSR count). The maximum absolute atomic E-state index is 14.6. The number of imidazole rings is 1. The Labute approximate surface area is 207 Å². The predicted molar refractivity (Wildman–Crippen MR) is 129 cm³/mol. The molecule has 3 N–H and O–H groups in total. The average molecular weight is 517 g/mol. The van der Waals surface area contributed by atoms with Crippen molar-refractivity contribution in [3.63, 3.8) is 0 Å². The smallest absolute Gasteiger partial charge is 0.461 e. The van der Waals surface area contributed by atoms with Gasteiger partial charge in [0.1, 0.15) is 11.8 Å². The van der Waals surface area contributed by atoms with Gasteiger partial charge in [-0.2, -0.15) is 0 Å². The highest BCUT2D eigenvalue weighted by atomic mass is 31.1. The summed E-state index contributed by atoms with van der Waals surface area (Å²) in [4.78, 5) is 24.7. The topological polar surface area (TPSA) is 143 Å². The second-order valence-electron chi connectivity index (χ2n) is 8.56. The van der Waals surface area contributed by atoms with Crippen LogP contribution in [0.3, 0.4) is 0 Å². The van der Waals surface area contributed by atoms with E-state index in [1.165, 1.54) is 17.2 Å². The van der Waals surface area contributed by atoms with Gasteiger partial charge in [0.25, 0.3) is 6.35 Å². The van der Waals surface area contributed by atoms with Crippen LogP contribution in [0.1, 0.15) is 25.6 Å². The number of nitrogens with two attached hydrogens (primary N) is 1. The number of fused-ring (bicyclic) bond motifs is 1. The molecule has 4 atom stereocenters. The third-order valence-corrected chi connectivity index (χ3v) is 6.20. The summed E-state index contributed by atoms with van der Waals surface area (Å²) in [7, 11) is -2.21. The summed E-state index contributed by atoms with van der Waals surface area (Å²) >= 11 is 0. The molecular weight excluding hydrogens is 490 g/mol. The minimum atomic E-state index is -2.21. The zero-order chi connectivity index (χ0) is 25.7. The first-order valence-electron chi connectivity index (χ1n) is 11.3. The molecule has 0 aliphatic carbocycles. The Kier molecular flexibility index (Phi) is 8.32. The van der Waals surface area contributed by atoms with Crippen molar-refractivity contribution in [2.24, 2.45) is 5.92 Å². The van der Waals surface area contributed by atoms with Gasteiger partial charge in [0, 0.05) is 12.5 Å². The molecule has 1 unspecified atom stereocenters. The second kappa shape index (κ2) is 11.6. The number of nitrogen functional groups attached to an aromatic ring is 1. The minimum Gasteiger partial charge on any atom is -0.464 e. The van der Waals surface area contributed by atoms with E-state index in [1.807, 2.05) is 44.2 Å². The van der Waals surface area contributed by atoms with Crippen molar-refractivity contribution < 1.29 is 28.0 Å². The Morgan fingerprint density at radius 2 is 2.06 bits per heavy atom. The fourth-order valence-corrected chi connectivity index (χ4v) is 4.41. The summed E-state index contributed by atoms with van der Waals surface area (Å²) in [6.07, 6.45) is 1.41. The van der Waals surface area contributed by atoms with Gasteiger partial charge in [-0.1, -0.05) is 49.3 Å². The number of hydrogen-bond donors (Lipinski definition) is 2. The van der Waals surface area contributed by atoms with E-state index in [9.17, 15) is 13.8 Å². The summed E-state index contributed by atoms with van der Waals surface area (Å²) in [6, 6.07) is 8.47. The van der Waals surface area contributed by atoms with Crippen LogP contribution in [0, 0.1) is 5.92 Å². The third-order valence-electron chi connectivity index (χ3n) is 5.22. The van der Waals surface area contributed by atoms with Crippen molar-refractivity contribution in [3.8, 4) is 0 Å². The number of carbonyl (C=O) groups is 1. The van der Waals surface area contributed by atoms with E-state index in [2.05, 4.69) is 20.0 Å². The molecule has 2 aromatic heterocycles. The third kappa shape index (κ3) is 6.27. The van der Waals surface area contributed by atoms with Crippen LogP contribution in [0.5, 0.6) is 0 Å². The van der Waals surface area contributed by atoms with E-state index in [1.54, 1.807) is 0 Å². The number of aromatic nitrogens is 4. The molecule has 0 saturated heterocycles. The number of carbonyl (C=O) groups excluding carboxylic acids is 1. The van der Waals surface area contributed by atoms with Crippen molar-refractivity contribution in [1.29, 1.82) is 0 Å². The molecule has 0 radical (unpaired) electrons. The monoisotopic (exact) mass is 517 g/mol. The fraction of sp³-hybridized carbons (Fsp3) is 0.391. The number of ether oxygens (including phenoxy) is 3. The summed E-state index contributed by atoms with van der Waals surface area (Å²) in [5.41, 5.74) is 7.28. The van der Waals surface area contributed by atoms with Crippen molar-refractivity contribution >= 4 is 30.9 Å². The molecule has 3 aromatic rings. The maximum Gasteiger partial charge on any atom is 0.461 e. The molecule has 0 amide bonds. The summed E-state index contributed by atoms with van der Waals surface area (Å²) in [5.74, 6) is -0.812. The molecule has 0 saturated carbocycles. The Bertz CT molecular complexity index is 1250. The van der Waals surface area contributed by atoms with Crippen molar-refractivity contribution in [2.45, 2.75) is 38.8 Å². The molecule has 1 aliphatic heterocycles. The van der Waals surface area contributed by atoms with E-state index >= 15 is 0 Å². The zero-order valence-electron chi connectivity index (χ0n) is 19.8. The first-order chi connectivity index (χ1) is 17.3. The first kappa shape index (κ1) is 25.8. The van der Waals surface area contributed by atoms with E-state index in [-0.39, 0.29) is 31.1 Å². The molecule has 13 heteroatoms. The largest absolute Gasteiger partial charge is 0.464 e. The van der Waals surface area contributed by atoms with Crippen molar-refractivity contribution in [3.05, 3.63) is 60.5 Å². The SMILES string of the molecule is CC(C)COC(=O)[C@H](Cc1ccccc1)N[P+](=O)CO[C@@H]1C=C(F)[C@H](n2cnc3c(N)ncnc32)O1. The van der Waals surface area contributed by atoms with Crippen LogP contribution in [0.15, 0.2) is 54.9 Å². The molecule has 36 heavy (non-hydrogen) atoms. The summed E-state index contributed by atoms with van der Waals surface area (Å²) in [5, 5.41) is 2.79. The Hall–Kier alpha value is -3.31. The number of nitrogens with zero attached hydrogens (tertiary/aromatic N) is 4. The number of halogens is 1. The predicted octanol–water partition coefficient (Wildman–Crippen LogP) is 3.23. The zero-order valence-corrected chi connectivity index (χ0v) is 20.7. The second-order valence-corrected chi connectivity index (χ2v) is 9.83. The lowest BCUT2D eigenvalue weighted by Gasteiger charge is -2.15. The molecule has 0 bridgehead atoms. The molecule has 3 heterocycles. The van der Waals surface area contributed by atoms with E-state index < -0.39 is 38.3 Å². The van der Waals surface area contributed by atoms with E-state index in [4.69, 9.17) is 19.9 Å². The minimum absolute atomic E-state index is 0.160. The lowest BCUT2D eigenvalue weighted by molar-refractivity contribution is -0.146. The normalized spacial score (nSPS) is 18.9.